The molecule has 1 fully saturated rings. The number of hydrogen-bond acceptors (Lipinski definition) is 2. The zero-order valence-corrected chi connectivity index (χ0v) is 11.0. The van der Waals surface area contributed by atoms with Crippen LogP contribution in [-0.2, 0) is 4.74 Å². The summed E-state index contributed by atoms with van der Waals surface area (Å²) >= 11 is 0. The average Bonchev–Trinajstić information content (AvgIpc) is 2.77. The highest BCUT2D eigenvalue weighted by Gasteiger charge is 2.28. The Kier molecular flexibility index (Phi) is 3.66. The molecular formula is C12H22NOP. The highest BCUT2D eigenvalue weighted by molar-refractivity contribution is 7.57. The quantitative estimate of drug-likeness (QED) is 0.679. The van der Waals surface area contributed by atoms with Gasteiger partial charge in [-0.15, -0.1) is 7.92 Å². The third-order valence-electron chi connectivity index (χ3n) is 3.58. The van der Waals surface area contributed by atoms with Crippen molar-refractivity contribution in [1.82, 2.24) is 0 Å². The van der Waals surface area contributed by atoms with E-state index in [4.69, 9.17) is 9.73 Å². The highest BCUT2D eigenvalue weighted by atomic mass is 31.1. The van der Waals surface area contributed by atoms with Crippen LogP contribution in [0.4, 0.5) is 0 Å². The Bertz CT molecular complexity index is 252. The summed E-state index contributed by atoms with van der Waals surface area (Å²) in [5, 5.41) is 0. The summed E-state index contributed by atoms with van der Waals surface area (Å²) in [7, 11) is 0.265. The Morgan fingerprint density at radius 3 is 2.87 bits per heavy atom. The minimum absolute atomic E-state index is 0.265. The molecule has 0 amide bonds. The number of rotatable bonds is 3. The summed E-state index contributed by atoms with van der Waals surface area (Å²) in [4.78, 5) is 4.69. The molecule has 0 N–H and O–H groups in total. The smallest absolute Gasteiger partial charge is 0.184 e. The Balaban J connectivity index is 1.87. The van der Waals surface area contributed by atoms with Gasteiger partial charge in [0.15, 0.2) is 5.90 Å². The third-order valence-corrected chi connectivity index (χ3v) is 6.29. The van der Waals surface area contributed by atoms with E-state index in [1.165, 1.54) is 19.0 Å². The van der Waals surface area contributed by atoms with Crippen molar-refractivity contribution in [3.8, 4) is 0 Å². The van der Waals surface area contributed by atoms with Crippen molar-refractivity contribution in [3.05, 3.63) is 0 Å². The van der Waals surface area contributed by atoms with E-state index in [-0.39, 0.29) is 7.92 Å². The number of ether oxygens (including phenoxy) is 1. The van der Waals surface area contributed by atoms with Crippen molar-refractivity contribution in [2.75, 3.05) is 19.4 Å². The second-order valence-electron chi connectivity index (χ2n) is 5.13. The molecule has 86 valence electrons. The van der Waals surface area contributed by atoms with Crippen molar-refractivity contribution < 1.29 is 4.74 Å². The fourth-order valence-corrected chi connectivity index (χ4v) is 4.47. The molecule has 0 radical (unpaired) electrons. The molecule has 0 bridgehead atoms. The molecule has 2 aliphatic rings. The lowest BCUT2D eigenvalue weighted by Crippen LogP contribution is -2.13. The standard InChI is InChI=1S/C12H22NOP/c1-9(2)11-8-14-12(13-11)7-10-5-4-6-15(10)3/h9-11H,4-8H2,1-3H3. The van der Waals surface area contributed by atoms with Gasteiger partial charge in [0, 0.05) is 6.42 Å². The van der Waals surface area contributed by atoms with Gasteiger partial charge >= 0.3 is 0 Å². The second kappa shape index (κ2) is 4.82. The maximum atomic E-state index is 5.70. The molecule has 15 heavy (non-hydrogen) atoms. The van der Waals surface area contributed by atoms with Crippen LogP contribution in [0.2, 0.25) is 0 Å². The van der Waals surface area contributed by atoms with Crippen molar-refractivity contribution in [3.63, 3.8) is 0 Å². The van der Waals surface area contributed by atoms with E-state index >= 15 is 0 Å². The SMILES string of the molecule is CC(C)C1COC(CC2CCCP2C)=N1. The van der Waals surface area contributed by atoms with Gasteiger partial charge in [0.05, 0.1) is 6.04 Å². The summed E-state index contributed by atoms with van der Waals surface area (Å²) in [5.74, 6) is 1.67. The van der Waals surface area contributed by atoms with Crippen LogP contribution in [0, 0.1) is 5.92 Å². The van der Waals surface area contributed by atoms with Crippen molar-refractivity contribution in [1.29, 1.82) is 0 Å². The molecule has 0 saturated carbocycles. The molecule has 0 aliphatic carbocycles. The Hall–Kier alpha value is -0.100. The monoisotopic (exact) mass is 227 g/mol. The second-order valence-corrected chi connectivity index (χ2v) is 7.82. The first-order valence-corrected chi connectivity index (χ1v) is 8.11. The summed E-state index contributed by atoms with van der Waals surface area (Å²) in [6, 6.07) is 0.421. The maximum Gasteiger partial charge on any atom is 0.184 e. The lowest BCUT2D eigenvalue weighted by atomic mass is 10.1. The summed E-state index contributed by atoms with van der Waals surface area (Å²) < 4.78 is 5.70. The number of hydrogen-bond donors (Lipinski definition) is 0. The van der Waals surface area contributed by atoms with Crippen LogP contribution in [0.1, 0.15) is 33.1 Å². The van der Waals surface area contributed by atoms with Gasteiger partial charge in [-0.3, -0.25) is 0 Å². The fourth-order valence-electron chi connectivity index (χ4n) is 2.33. The molecule has 3 atom stereocenters. The summed E-state index contributed by atoms with van der Waals surface area (Å²) in [5.41, 5.74) is 0.893. The van der Waals surface area contributed by atoms with Crippen molar-refractivity contribution in [2.24, 2.45) is 10.9 Å². The van der Waals surface area contributed by atoms with Gasteiger partial charge in [-0.05, 0) is 37.2 Å². The third kappa shape index (κ3) is 2.72. The van der Waals surface area contributed by atoms with Gasteiger partial charge in [-0.25, -0.2) is 4.99 Å². The first kappa shape index (κ1) is 11.4. The number of aliphatic imine (C=N–C) groups is 1. The molecule has 2 rings (SSSR count). The highest BCUT2D eigenvalue weighted by Crippen LogP contribution is 2.48. The van der Waals surface area contributed by atoms with E-state index in [0.29, 0.717) is 12.0 Å². The molecule has 2 aliphatic heterocycles. The van der Waals surface area contributed by atoms with Crippen LogP contribution in [0.5, 0.6) is 0 Å². The van der Waals surface area contributed by atoms with Crippen LogP contribution in [0.25, 0.3) is 0 Å². The predicted octanol–water partition coefficient (Wildman–Crippen LogP) is 3.10. The van der Waals surface area contributed by atoms with E-state index in [2.05, 4.69) is 20.5 Å². The first-order chi connectivity index (χ1) is 7.16. The summed E-state index contributed by atoms with van der Waals surface area (Å²) in [6.07, 6.45) is 5.40. The molecular weight excluding hydrogens is 205 g/mol. The van der Waals surface area contributed by atoms with Gasteiger partial charge < -0.3 is 4.74 Å². The first-order valence-electron chi connectivity index (χ1n) is 6.06. The van der Waals surface area contributed by atoms with Crippen LogP contribution in [0.15, 0.2) is 4.99 Å². The van der Waals surface area contributed by atoms with E-state index in [9.17, 15) is 0 Å². The van der Waals surface area contributed by atoms with E-state index < -0.39 is 0 Å². The van der Waals surface area contributed by atoms with Crippen LogP contribution < -0.4 is 0 Å². The molecule has 0 spiro atoms. The van der Waals surface area contributed by atoms with Crippen LogP contribution in [-0.4, -0.2) is 37.0 Å². The van der Waals surface area contributed by atoms with E-state index in [1.54, 1.807) is 0 Å². The number of nitrogens with zero attached hydrogens (tertiary/aromatic N) is 1. The molecule has 2 heterocycles. The molecule has 1 saturated heterocycles. The zero-order chi connectivity index (χ0) is 10.8. The van der Waals surface area contributed by atoms with E-state index in [1.807, 2.05) is 0 Å². The normalized spacial score (nSPS) is 35.7. The summed E-state index contributed by atoms with van der Waals surface area (Å²) in [6.45, 7) is 7.70. The zero-order valence-electron chi connectivity index (χ0n) is 10.1. The van der Waals surface area contributed by atoms with Gasteiger partial charge in [0.25, 0.3) is 0 Å². The average molecular weight is 227 g/mol. The van der Waals surface area contributed by atoms with Crippen LogP contribution >= 0.6 is 7.92 Å². The predicted molar refractivity (Wildman–Crippen MR) is 67.4 cm³/mol. The minimum Gasteiger partial charge on any atom is -0.479 e. The fraction of sp³-hybridized carbons (Fsp3) is 0.917. The lowest BCUT2D eigenvalue weighted by molar-refractivity contribution is 0.285. The van der Waals surface area contributed by atoms with E-state index in [0.717, 1.165) is 24.6 Å². The van der Waals surface area contributed by atoms with Crippen LogP contribution in [0.3, 0.4) is 0 Å². The minimum atomic E-state index is 0.265. The van der Waals surface area contributed by atoms with Crippen molar-refractivity contribution in [2.45, 2.75) is 44.8 Å². The topological polar surface area (TPSA) is 21.6 Å². The molecule has 0 aromatic carbocycles. The van der Waals surface area contributed by atoms with Gasteiger partial charge in [0.2, 0.25) is 0 Å². The molecule has 2 nitrogen and oxygen atoms in total. The largest absolute Gasteiger partial charge is 0.479 e. The maximum absolute atomic E-state index is 5.70. The van der Waals surface area contributed by atoms with Gasteiger partial charge in [-0.1, -0.05) is 13.8 Å². The molecule has 0 aromatic heterocycles. The lowest BCUT2D eigenvalue weighted by Gasteiger charge is -2.14. The molecule has 3 unspecified atom stereocenters. The Labute approximate surface area is 94.3 Å². The van der Waals surface area contributed by atoms with Gasteiger partial charge in [0.1, 0.15) is 6.61 Å². The molecule has 3 heteroatoms. The Morgan fingerprint density at radius 2 is 2.33 bits per heavy atom. The van der Waals surface area contributed by atoms with Gasteiger partial charge in [-0.2, -0.15) is 0 Å². The molecule has 0 aromatic rings. The Morgan fingerprint density at radius 1 is 1.53 bits per heavy atom. The van der Waals surface area contributed by atoms with Crippen molar-refractivity contribution >= 4 is 13.8 Å².